The average Bonchev–Trinajstić information content (AvgIpc) is 2.58. The van der Waals surface area contributed by atoms with Crippen LogP contribution in [0.4, 0.5) is 0 Å². The maximum Gasteiger partial charge on any atom is 0.339 e. The van der Waals surface area contributed by atoms with Crippen LogP contribution in [0.2, 0.25) is 5.02 Å². The summed E-state index contributed by atoms with van der Waals surface area (Å²) >= 11 is 6.20. The van der Waals surface area contributed by atoms with Crippen LogP contribution in [-0.2, 0) is 0 Å². The van der Waals surface area contributed by atoms with Gasteiger partial charge in [-0.25, -0.2) is 9.48 Å². The Hall–Kier alpha value is -1.81. The fourth-order valence-corrected chi connectivity index (χ4v) is 2.39. The van der Waals surface area contributed by atoms with E-state index in [0.29, 0.717) is 10.7 Å². The second kappa shape index (κ2) is 4.46. The zero-order chi connectivity index (χ0) is 13.4. The molecular weight excluding hydrogens is 252 g/mol. The van der Waals surface area contributed by atoms with Gasteiger partial charge in [0.05, 0.1) is 16.4 Å². The number of hydrogen-bond acceptors (Lipinski definition) is 2. The number of carboxylic acid groups (broad SMARTS) is 1. The van der Waals surface area contributed by atoms with Crippen molar-refractivity contribution in [3.05, 3.63) is 45.7 Å². The van der Waals surface area contributed by atoms with Crippen molar-refractivity contribution < 1.29 is 9.90 Å². The van der Waals surface area contributed by atoms with Gasteiger partial charge in [-0.05, 0) is 38.0 Å². The lowest BCUT2D eigenvalue weighted by atomic mass is 10.1. The third-order valence-corrected chi connectivity index (χ3v) is 3.04. The molecule has 0 spiro atoms. The number of hydrogen-bond donors (Lipinski definition) is 1. The molecule has 18 heavy (non-hydrogen) atoms. The van der Waals surface area contributed by atoms with Crippen molar-refractivity contribution in [3.8, 4) is 5.69 Å². The van der Waals surface area contributed by atoms with Gasteiger partial charge >= 0.3 is 5.97 Å². The largest absolute Gasteiger partial charge is 0.478 e. The minimum atomic E-state index is -0.986. The molecule has 0 unspecified atom stereocenters. The van der Waals surface area contributed by atoms with Crippen LogP contribution < -0.4 is 0 Å². The summed E-state index contributed by atoms with van der Waals surface area (Å²) in [6, 6.07) is 3.82. The smallest absolute Gasteiger partial charge is 0.339 e. The highest BCUT2D eigenvalue weighted by Crippen LogP contribution is 2.26. The number of benzene rings is 1. The van der Waals surface area contributed by atoms with Gasteiger partial charge in [-0.2, -0.15) is 5.10 Å². The van der Waals surface area contributed by atoms with Gasteiger partial charge in [-0.15, -0.1) is 0 Å². The van der Waals surface area contributed by atoms with Gasteiger partial charge < -0.3 is 5.11 Å². The Morgan fingerprint density at radius 3 is 2.50 bits per heavy atom. The molecule has 5 heteroatoms. The Morgan fingerprint density at radius 1 is 1.33 bits per heavy atom. The van der Waals surface area contributed by atoms with Crippen LogP contribution >= 0.6 is 11.6 Å². The first kappa shape index (κ1) is 12.6. The number of aromatic nitrogens is 2. The van der Waals surface area contributed by atoms with E-state index in [1.165, 1.54) is 10.9 Å². The Labute approximate surface area is 110 Å². The molecule has 2 aromatic rings. The SMILES string of the molecule is Cc1cc(C)c(-n2cc(C(=O)O)c(C)n2)c(Cl)c1. The topological polar surface area (TPSA) is 55.1 Å². The van der Waals surface area contributed by atoms with Crippen molar-refractivity contribution in [2.75, 3.05) is 0 Å². The molecule has 2 rings (SSSR count). The van der Waals surface area contributed by atoms with E-state index < -0.39 is 5.97 Å². The Balaban J connectivity index is 2.63. The van der Waals surface area contributed by atoms with E-state index >= 15 is 0 Å². The Morgan fingerprint density at radius 2 is 2.00 bits per heavy atom. The number of aryl methyl sites for hydroxylation is 3. The molecule has 0 aliphatic rings. The zero-order valence-corrected chi connectivity index (χ0v) is 11.1. The first-order valence-electron chi connectivity index (χ1n) is 5.47. The minimum absolute atomic E-state index is 0.186. The molecule has 1 heterocycles. The highest BCUT2D eigenvalue weighted by Gasteiger charge is 2.15. The lowest BCUT2D eigenvalue weighted by Crippen LogP contribution is -2.00. The summed E-state index contributed by atoms with van der Waals surface area (Å²) in [6.45, 7) is 5.54. The van der Waals surface area contributed by atoms with Gasteiger partial charge in [0.25, 0.3) is 0 Å². The van der Waals surface area contributed by atoms with E-state index in [1.54, 1.807) is 6.92 Å². The first-order valence-corrected chi connectivity index (χ1v) is 5.84. The van der Waals surface area contributed by atoms with Crippen molar-refractivity contribution in [2.45, 2.75) is 20.8 Å². The molecule has 0 amide bonds. The molecule has 94 valence electrons. The fraction of sp³-hybridized carbons (Fsp3) is 0.231. The monoisotopic (exact) mass is 264 g/mol. The first-order chi connectivity index (χ1) is 8.40. The van der Waals surface area contributed by atoms with Crippen molar-refractivity contribution >= 4 is 17.6 Å². The molecule has 4 nitrogen and oxygen atoms in total. The summed E-state index contributed by atoms with van der Waals surface area (Å²) in [6.07, 6.45) is 1.49. The van der Waals surface area contributed by atoms with Gasteiger partial charge in [0, 0.05) is 6.20 Å². The summed E-state index contributed by atoms with van der Waals surface area (Å²) in [5.74, 6) is -0.986. The molecule has 1 aromatic carbocycles. The highest BCUT2D eigenvalue weighted by atomic mass is 35.5. The van der Waals surface area contributed by atoms with E-state index in [4.69, 9.17) is 16.7 Å². The standard InChI is InChI=1S/C13H13ClN2O2/c1-7-4-8(2)12(11(14)5-7)16-6-10(13(17)18)9(3)15-16/h4-6H,1-3H3,(H,17,18). The molecule has 1 N–H and O–H groups in total. The molecule has 0 aliphatic carbocycles. The maximum atomic E-state index is 11.0. The molecule has 0 fully saturated rings. The van der Waals surface area contributed by atoms with Crippen LogP contribution in [0.5, 0.6) is 0 Å². The van der Waals surface area contributed by atoms with Crippen LogP contribution in [0.15, 0.2) is 18.3 Å². The quantitative estimate of drug-likeness (QED) is 0.907. The van der Waals surface area contributed by atoms with E-state index in [2.05, 4.69) is 5.10 Å². The summed E-state index contributed by atoms with van der Waals surface area (Å²) < 4.78 is 1.52. The maximum absolute atomic E-state index is 11.0. The van der Waals surface area contributed by atoms with Crippen molar-refractivity contribution in [2.24, 2.45) is 0 Å². The van der Waals surface area contributed by atoms with Crippen molar-refractivity contribution in [1.82, 2.24) is 9.78 Å². The molecule has 0 saturated heterocycles. The van der Waals surface area contributed by atoms with Crippen molar-refractivity contribution in [1.29, 1.82) is 0 Å². The predicted octanol–water partition coefficient (Wildman–Crippen LogP) is 3.15. The summed E-state index contributed by atoms with van der Waals surface area (Å²) in [4.78, 5) is 11.0. The van der Waals surface area contributed by atoms with Crippen molar-refractivity contribution in [3.63, 3.8) is 0 Å². The van der Waals surface area contributed by atoms with E-state index in [9.17, 15) is 4.79 Å². The van der Waals surface area contributed by atoms with Gasteiger partial charge in [-0.1, -0.05) is 17.7 Å². The minimum Gasteiger partial charge on any atom is -0.478 e. The lowest BCUT2D eigenvalue weighted by Gasteiger charge is -2.09. The summed E-state index contributed by atoms with van der Waals surface area (Å²) in [7, 11) is 0. The molecule has 0 atom stereocenters. The van der Waals surface area contributed by atoms with Gasteiger partial charge in [-0.3, -0.25) is 0 Å². The molecule has 0 radical (unpaired) electrons. The lowest BCUT2D eigenvalue weighted by molar-refractivity contribution is 0.0696. The number of aromatic carboxylic acids is 1. The third-order valence-electron chi connectivity index (χ3n) is 2.76. The second-order valence-corrected chi connectivity index (χ2v) is 4.70. The molecular formula is C13H13ClN2O2. The highest BCUT2D eigenvalue weighted by molar-refractivity contribution is 6.32. The van der Waals surface area contributed by atoms with Gasteiger partial charge in [0.1, 0.15) is 5.56 Å². The second-order valence-electron chi connectivity index (χ2n) is 4.29. The number of carboxylic acids is 1. The number of halogens is 1. The number of carbonyl (C=O) groups is 1. The number of rotatable bonds is 2. The number of nitrogens with zero attached hydrogens (tertiary/aromatic N) is 2. The summed E-state index contributed by atoms with van der Waals surface area (Å²) in [5.41, 5.74) is 3.39. The van der Waals surface area contributed by atoms with Crippen LogP contribution in [0.3, 0.4) is 0 Å². The normalized spacial score (nSPS) is 10.7. The van der Waals surface area contributed by atoms with Crippen LogP contribution in [0, 0.1) is 20.8 Å². The zero-order valence-electron chi connectivity index (χ0n) is 10.4. The van der Waals surface area contributed by atoms with Crippen LogP contribution in [0.25, 0.3) is 5.69 Å². The van der Waals surface area contributed by atoms with E-state index in [-0.39, 0.29) is 5.56 Å². The van der Waals surface area contributed by atoms with E-state index in [0.717, 1.165) is 16.8 Å². The predicted molar refractivity (Wildman–Crippen MR) is 69.7 cm³/mol. The van der Waals surface area contributed by atoms with Crippen LogP contribution in [-0.4, -0.2) is 20.9 Å². The average molecular weight is 265 g/mol. The third kappa shape index (κ3) is 2.11. The fourth-order valence-electron chi connectivity index (χ4n) is 1.98. The van der Waals surface area contributed by atoms with E-state index in [1.807, 2.05) is 26.0 Å². The molecule has 0 aliphatic heterocycles. The molecule has 0 saturated carbocycles. The van der Waals surface area contributed by atoms with Gasteiger partial charge in [0.15, 0.2) is 0 Å². The summed E-state index contributed by atoms with van der Waals surface area (Å²) in [5, 5.41) is 13.8. The molecule has 1 aromatic heterocycles. The Bertz CT molecular complexity index is 609. The molecule has 0 bridgehead atoms. The van der Waals surface area contributed by atoms with Gasteiger partial charge in [0.2, 0.25) is 0 Å². The van der Waals surface area contributed by atoms with Crippen LogP contribution in [0.1, 0.15) is 27.2 Å². The Kier molecular flexibility index (Phi) is 3.13.